The van der Waals surface area contributed by atoms with Gasteiger partial charge >= 0.3 is 23.9 Å². The van der Waals surface area contributed by atoms with E-state index in [-0.39, 0.29) is 48.7 Å². The number of carbonyl (C=O) groups excluding carboxylic acids is 4. The van der Waals surface area contributed by atoms with Crippen molar-refractivity contribution in [2.75, 3.05) is 26.4 Å². The third-order valence-corrected chi connectivity index (χ3v) is 7.54. The van der Waals surface area contributed by atoms with Gasteiger partial charge in [0.1, 0.15) is 0 Å². The summed E-state index contributed by atoms with van der Waals surface area (Å²) in [7, 11) is 0. The van der Waals surface area contributed by atoms with E-state index in [1.807, 2.05) is 24.3 Å². The predicted molar refractivity (Wildman–Crippen MR) is 194 cm³/mol. The van der Waals surface area contributed by atoms with Crippen LogP contribution in [0.15, 0.2) is 87.0 Å². The highest BCUT2D eigenvalue weighted by atomic mass is 16.5. The summed E-state index contributed by atoms with van der Waals surface area (Å²) >= 11 is 0. The highest BCUT2D eigenvalue weighted by molar-refractivity contribution is 6.00. The molecule has 0 amide bonds. The molecule has 2 aromatic carbocycles. The first-order valence-corrected chi connectivity index (χ1v) is 17.3. The molecule has 0 heterocycles. The van der Waals surface area contributed by atoms with Crippen molar-refractivity contribution < 1.29 is 38.1 Å². The molecule has 2 aromatic rings. The molecular weight excluding hydrogens is 620 g/mol. The van der Waals surface area contributed by atoms with Crippen LogP contribution in [0.4, 0.5) is 0 Å². The van der Waals surface area contributed by atoms with Gasteiger partial charge in [0.15, 0.2) is 0 Å². The van der Waals surface area contributed by atoms with Crippen LogP contribution >= 0.6 is 0 Å². The number of allylic oxidation sites excluding steroid dienone is 4. The Kier molecular flexibility index (Phi) is 20.2. The lowest BCUT2D eigenvalue weighted by atomic mass is 9.96. The Morgan fingerprint density at radius 2 is 0.633 bits per heavy atom. The van der Waals surface area contributed by atoms with Crippen molar-refractivity contribution in [3.8, 4) is 11.1 Å². The van der Waals surface area contributed by atoms with E-state index in [1.54, 1.807) is 24.3 Å². The minimum absolute atomic E-state index is 0.138. The minimum Gasteiger partial charge on any atom is -0.462 e. The Morgan fingerprint density at radius 3 is 0.898 bits per heavy atom. The molecule has 0 unspecified atom stereocenters. The lowest BCUT2D eigenvalue weighted by Gasteiger charge is -2.13. The fourth-order valence-electron chi connectivity index (χ4n) is 4.79. The Hall–Kier alpha value is -4.72. The van der Waals surface area contributed by atoms with Crippen LogP contribution in [0.25, 0.3) is 11.1 Å². The second kappa shape index (κ2) is 24.4. The number of unbranched alkanes of at least 4 members (excludes halogenated alkanes) is 9. The van der Waals surface area contributed by atoms with Crippen LogP contribution in [-0.4, -0.2) is 50.3 Å². The molecule has 0 atom stereocenters. The summed E-state index contributed by atoms with van der Waals surface area (Å²) in [4.78, 5) is 52.7. The monoisotopic (exact) mass is 672 g/mol. The number of ether oxygens (including phenoxy) is 4. The average molecular weight is 673 g/mol. The number of hydrogen-bond acceptors (Lipinski definition) is 8. The molecule has 0 radical (unpaired) electrons. The van der Waals surface area contributed by atoms with Crippen LogP contribution in [0.5, 0.6) is 0 Å². The van der Waals surface area contributed by atoms with Crippen molar-refractivity contribution in [1.82, 2.24) is 0 Å². The maximum Gasteiger partial charge on any atom is 0.338 e. The third kappa shape index (κ3) is 15.8. The fraction of sp³-hybridized carbons (Fsp3) is 0.415. The van der Waals surface area contributed by atoms with E-state index >= 15 is 0 Å². The Labute approximate surface area is 291 Å². The summed E-state index contributed by atoms with van der Waals surface area (Å²) in [6.07, 6.45) is 17.6. The zero-order valence-electron chi connectivity index (χ0n) is 28.9. The van der Waals surface area contributed by atoms with Crippen LogP contribution in [0.1, 0.15) is 125 Å². The summed E-state index contributed by atoms with van der Waals surface area (Å²) in [5.74, 6) is -2.41. The van der Waals surface area contributed by atoms with E-state index in [1.165, 1.54) is 12.1 Å². The van der Waals surface area contributed by atoms with Gasteiger partial charge in [0.2, 0.25) is 0 Å². The predicted octanol–water partition coefficient (Wildman–Crippen LogP) is 9.80. The van der Waals surface area contributed by atoms with Crippen LogP contribution in [-0.2, 0) is 18.9 Å². The maximum absolute atomic E-state index is 13.2. The van der Waals surface area contributed by atoms with Gasteiger partial charge in [0.25, 0.3) is 0 Å². The molecule has 0 N–H and O–H groups in total. The number of esters is 4. The lowest BCUT2D eigenvalue weighted by molar-refractivity contribution is 0.0478. The number of carbonyl (C=O) groups is 4. The molecule has 0 aromatic heterocycles. The highest BCUT2D eigenvalue weighted by Gasteiger charge is 2.20. The zero-order chi connectivity index (χ0) is 35.7. The van der Waals surface area contributed by atoms with Gasteiger partial charge in [0, 0.05) is 0 Å². The Morgan fingerprint density at radius 1 is 0.388 bits per heavy atom. The first-order valence-electron chi connectivity index (χ1n) is 17.3. The molecule has 8 nitrogen and oxygen atoms in total. The number of benzene rings is 2. The van der Waals surface area contributed by atoms with Crippen molar-refractivity contribution in [3.63, 3.8) is 0 Å². The molecule has 0 fully saturated rings. The molecule has 49 heavy (non-hydrogen) atoms. The zero-order valence-corrected chi connectivity index (χ0v) is 28.9. The van der Waals surface area contributed by atoms with Gasteiger partial charge in [-0.15, -0.1) is 26.3 Å². The van der Waals surface area contributed by atoms with Gasteiger partial charge in [0.05, 0.1) is 48.7 Å². The fourth-order valence-corrected chi connectivity index (χ4v) is 4.79. The quantitative estimate of drug-likeness (QED) is 0.0421. The molecule has 0 spiro atoms. The van der Waals surface area contributed by atoms with E-state index in [2.05, 4.69) is 26.3 Å². The average Bonchev–Trinajstić information content (AvgIpc) is 3.12. The lowest BCUT2D eigenvalue weighted by Crippen LogP contribution is -2.12. The van der Waals surface area contributed by atoms with Crippen LogP contribution in [0, 0.1) is 0 Å². The van der Waals surface area contributed by atoms with Gasteiger partial charge < -0.3 is 18.9 Å². The molecule has 0 bridgehead atoms. The molecule has 0 saturated carbocycles. The Balaban J connectivity index is 2.46. The Bertz CT molecular complexity index is 1360. The second-order valence-electron chi connectivity index (χ2n) is 11.6. The van der Waals surface area contributed by atoms with Crippen LogP contribution < -0.4 is 0 Å². The molecule has 0 saturated heterocycles. The van der Waals surface area contributed by atoms with E-state index in [0.29, 0.717) is 36.8 Å². The molecule has 2 rings (SSSR count). The van der Waals surface area contributed by atoms with Crippen LogP contribution in [0.2, 0.25) is 0 Å². The summed E-state index contributed by atoms with van der Waals surface area (Å²) in [5, 5.41) is 0. The third-order valence-electron chi connectivity index (χ3n) is 7.54. The second-order valence-corrected chi connectivity index (χ2v) is 11.6. The van der Waals surface area contributed by atoms with Crippen molar-refractivity contribution in [1.29, 1.82) is 0 Å². The van der Waals surface area contributed by atoms with E-state index in [9.17, 15) is 19.2 Å². The molecule has 0 aliphatic rings. The maximum atomic E-state index is 13.2. The van der Waals surface area contributed by atoms with Gasteiger partial charge in [-0.3, -0.25) is 0 Å². The van der Waals surface area contributed by atoms with Crippen molar-refractivity contribution >= 4 is 23.9 Å². The standard InChI is InChI=1S/C41H52O8/c1-5-9-13-17-21-25-49-41(45)37-29-33(28-36(31-37)40(44)48-24-20-16-12-8-4)32-26-34(38(42)46-22-18-14-10-6-2)30-35(27-32)39(43)47-23-19-15-11-7-3/h5-8,26-31H,1-4,9-25H2. The van der Waals surface area contributed by atoms with Gasteiger partial charge in [-0.2, -0.15) is 0 Å². The first kappa shape index (κ1) is 40.5. The largest absolute Gasteiger partial charge is 0.462 e. The summed E-state index contributed by atoms with van der Waals surface area (Å²) in [6, 6.07) is 9.16. The highest BCUT2D eigenvalue weighted by Crippen LogP contribution is 2.27. The molecule has 264 valence electrons. The molecule has 0 aliphatic heterocycles. The van der Waals surface area contributed by atoms with Gasteiger partial charge in [-0.25, -0.2) is 19.2 Å². The SMILES string of the molecule is C=CCCCCCOC(=O)c1cc(C(=O)OCCCCC=C)cc(-c2cc(C(=O)OCCCCC=C)cc(C(=O)OCCCCC=C)c2)c1. The summed E-state index contributed by atoms with van der Waals surface area (Å²) in [5.41, 5.74) is 1.39. The molecule has 0 aliphatic carbocycles. The van der Waals surface area contributed by atoms with Gasteiger partial charge in [-0.1, -0.05) is 24.3 Å². The normalized spacial score (nSPS) is 10.4. The van der Waals surface area contributed by atoms with Gasteiger partial charge in [-0.05, 0) is 131 Å². The van der Waals surface area contributed by atoms with Crippen molar-refractivity contribution in [2.24, 2.45) is 0 Å². The topological polar surface area (TPSA) is 105 Å². The van der Waals surface area contributed by atoms with Crippen LogP contribution in [0.3, 0.4) is 0 Å². The van der Waals surface area contributed by atoms with Crippen molar-refractivity contribution in [2.45, 2.75) is 83.5 Å². The number of rotatable bonds is 26. The van der Waals surface area contributed by atoms with E-state index in [4.69, 9.17) is 18.9 Å². The molecule has 8 heteroatoms. The number of hydrogen-bond donors (Lipinski definition) is 0. The summed E-state index contributed by atoms with van der Waals surface area (Å²) < 4.78 is 22.1. The minimum atomic E-state index is -0.605. The molecular formula is C41H52O8. The van der Waals surface area contributed by atoms with E-state index in [0.717, 1.165) is 57.8 Å². The first-order chi connectivity index (χ1) is 23.8. The summed E-state index contributed by atoms with van der Waals surface area (Å²) in [6.45, 7) is 15.7. The van der Waals surface area contributed by atoms with E-state index < -0.39 is 23.9 Å². The van der Waals surface area contributed by atoms with Crippen molar-refractivity contribution in [3.05, 3.63) is 109 Å². The smallest absolute Gasteiger partial charge is 0.338 e.